The summed E-state index contributed by atoms with van der Waals surface area (Å²) in [6.07, 6.45) is -1.21. The standard InChI is InChI=1S/C14H18ClN3O5/c1-6(2)11(12(19)18-14(17)21)23-13(20)7-4-8(15)9(16)5-10(7)22-3/h4-6,11H,16H2,1-3H3,(H3,17,18,19,21). The average Bonchev–Trinajstić information content (AvgIpc) is 2.45. The largest absolute Gasteiger partial charge is 0.496 e. The Morgan fingerprint density at radius 1 is 1.26 bits per heavy atom. The lowest BCUT2D eigenvalue weighted by molar-refractivity contribution is -0.130. The van der Waals surface area contributed by atoms with E-state index in [1.807, 2.05) is 5.32 Å². The molecule has 23 heavy (non-hydrogen) atoms. The second-order valence-electron chi connectivity index (χ2n) is 5.00. The molecule has 1 rings (SSSR count). The molecule has 0 radical (unpaired) electrons. The van der Waals surface area contributed by atoms with Crippen molar-refractivity contribution in [2.24, 2.45) is 11.7 Å². The maximum atomic E-state index is 12.3. The Morgan fingerprint density at radius 3 is 2.35 bits per heavy atom. The van der Waals surface area contributed by atoms with Crippen LogP contribution in [0.3, 0.4) is 0 Å². The van der Waals surface area contributed by atoms with Crippen LogP contribution in [0.1, 0.15) is 24.2 Å². The van der Waals surface area contributed by atoms with Gasteiger partial charge in [0.05, 0.1) is 17.8 Å². The normalized spacial score (nSPS) is 11.7. The number of hydrogen-bond donors (Lipinski definition) is 3. The van der Waals surface area contributed by atoms with E-state index in [0.717, 1.165) is 0 Å². The molecule has 1 aromatic carbocycles. The summed E-state index contributed by atoms with van der Waals surface area (Å²) in [6, 6.07) is 1.61. The predicted octanol–water partition coefficient (Wildman–Crippen LogP) is 1.31. The van der Waals surface area contributed by atoms with Gasteiger partial charge in [-0.15, -0.1) is 0 Å². The highest BCUT2D eigenvalue weighted by Crippen LogP contribution is 2.29. The first-order valence-electron chi connectivity index (χ1n) is 6.61. The Bertz CT molecular complexity index is 633. The van der Waals surface area contributed by atoms with Gasteiger partial charge in [0.25, 0.3) is 5.91 Å². The first-order valence-corrected chi connectivity index (χ1v) is 6.99. The summed E-state index contributed by atoms with van der Waals surface area (Å²) in [5.74, 6) is -1.91. The molecule has 0 aliphatic rings. The minimum Gasteiger partial charge on any atom is -0.496 e. The third-order valence-electron chi connectivity index (χ3n) is 2.88. The van der Waals surface area contributed by atoms with Crippen molar-refractivity contribution in [3.63, 3.8) is 0 Å². The molecule has 5 N–H and O–H groups in total. The summed E-state index contributed by atoms with van der Waals surface area (Å²) in [5, 5.41) is 2.01. The molecule has 0 fully saturated rings. The summed E-state index contributed by atoms with van der Waals surface area (Å²) in [5.41, 5.74) is 10.8. The zero-order valence-electron chi connectivity index (χ0n) is 12.9. The van der Waals surface area contributed by atoms with Gasteiger partial charge in [0.1, 0.15) is 11.3 Å². The summed E-state index contributed by atoms with van der Waals surface area (Å²) in [4.78, 5) is 34.9. The number of urea groups is 1. The van der Waals surface area contributed by atoms with Crippen molar-refractivity contribution in [1.29, 1.82) is 0 Å². The minimum absolute atomic E-state index is 0.00391. The first kappa shape index (κ1) is 18.6. The average molecular weight is 344 g/mol. The maximum Gasteiger partial charge on any atom is 0.342 e. The highest BCUT2D eigenvalue weighted by atomic mass is 35.5. The van der Waals surface area contributed by atoms with Crippen LogP contribution in [0.4, 0.5) is 10.5 Å². The molecule has 1 aromatic rings. The van der Waals surface area contributed by atoms with Crippen molar-refractivity contribution >= 4 is 35.2 Å². The van der Waals surface area contributed by atoms with Gasteiger partial charge in [-0.1, -0.05) is 25.4 Å². The fourth-order valence-corrected chi connectivity index (χ4v) is 1.92. The molecule has 0 aliphatic heterocycles. The van der Waals surface area contributed by atoms with Gasteiger partial charge in [0.15, 0.2) is 6.10 Å². The minimum atomic E-state index is -1.21. The number of esters is 1. The second kappa shape index (κ2) is 7.68. The number of carbonyl (C=O) groups excluding carboxylic acids is 3. The van der Waals surface area contributed by atoms with Gasteiger partial charge < -0.3 is 20.9 Å². The fraction of sp³-hybridized carbons (Fsp3) is 0.357. The fourth-order valence-electron chi connectivity index (χ4n) is 1.76. The molecule has 0 aliphatic carbocycles. The van der Waals surface area contributed by atoms with E-state index in [4.69, 9.17) is 32.5 Å². The Labute approximate surface area is 138 Å². The summed E-state index contributed by atoms with van der Waals surface area (Å²) in [6.45, 7) is 3.29. The number of nitrogens with one attached hydrogen (secondary N) is 1. The van der Waals surface area contributed by atoms with Crippen LogP contribution in [0.25, 0.3) is 0 Å². The van der Waals surface area contributed by atoms with E-state index >= 15 is 0 Å². The molecule has 9 heteroatoms. The molecule has 0 spiro atoms. The number of methoxy groups -OCH3 is 1. The van der Waals surface area contributed by atoms with Crippen LogP contribution in [0.5, 0.6) is 5.75 Å². The number of nitrogen functional groups attached to an aromatic ring is 1. The lowest BCUT2D eigenvalue weighted by Crippen LogP contribution is -2.45. The number of hydrogen-bond acceptors (Lipinski definition) is 6. The van der Waals surface area contributed by atoms with Crippen molar-refractivity contribution in [2.45, 2.75) is 20.0 Å². The van der Waals surface area contributed by atoms with Gasteiger partial charge in [0.2, 0.25) is 0 Å². The van der Waals surface area contributed by atoms with E-state index in [1.165, 1.54) is 19.2 Å². The van der Waals surface area contributed by atoms with Crippen LogP contribution in [0.15, 0.2) is 12.1 Å². The van der Waals surface area contributed by atoms with Gasteiger partial charge in [-0.3, -0.25) is 10.1 Å². The van der Waals surface area contributed by atoms with Crippen LogP contribution in [-0.2, 0) is 9.53 Å². The number of ether oxygens (including phenoxy) is 2. The molecule has 0 aromatic heterocycles. The van der Waals surface area contributed by atoms with Gasteiger partial charge in [0, 0.05) is 6.07 Å². The van der Waals surface area contributed by atoms with E-state index < -0.39 is 29.9 Å². The van der Waals surface area contributed by atoms with Crippen LogP contribution in [0.2, 0.25) is 5.02 Å². The Kier molecular flexibility index (Phi) is 6.20. The summed E-state index contributed by atoms with van der Waals surface area (Å²) < 4.78 is 10.2. The SMILES string of the molecule is COc1cc(N)c(Cl)cc1C(=O)OC(C(=O)NC(N)=O)C(C)C. The van der Waals surface area contributed by atoms with Crippen LogP contribution in [-0.4, -0.2) is 31.1 Å². The third kappa shape index (κ3) is 4.75. The van der Waals surface area contributed by atoms with Crippen molar-refractivity contribution in [3.8, 4) is 5.75 Å². The van der Waals surface area contributed by atoms with Gasteiger partial charge in [-0.2, -0.15) is 0 Å². The lowest BCUT2D eigenvalue weighted by Gasteiger charge is -2.20. The highest BCUT2D eigenvalue weighted by Gasteiger charge is 2.29. The Hall–Kier alpha value is -2.48. The highest BCUT2D eigenvalue weighted by molar-refractivity contribution is 6.33. The van der Waals surface area contributed by atoms with Gasteiger partial charge in [-0.05, 0) is 12.0 Å². The molecular weight excluding hydrogens is 326 g/mol. The van der Waals surface area contributed by atoms with E-state index in [9.17, 15) is 14.4 Å². The number of halogens is 1. The topological polar surface area (TPSA) is 134 Å². The summed E-state index contributed by atoms with van der Waals surface area (Å²) in [7, 11) is 1.35. The molecule has 126 valence electrons. The van der Waals surface area contributed by atoms with Crippen molar-refractivity contribution < 1.29 is 23.9 Å². The number of rotatable bonds is 5. The molecule has 3 amide bonds. The number of carbonyl (C=O) groups is 3. The predicted molar refractivity (Wildman–Crippen MR) is 84.2 cm³/mol. The number of amides is 3. The monoisotopic (exact) mass is 343 g/mol. The molecule has 8 nitrogen and oxygen atoms in total. The van der Waals surface area contributed by atoms with E-state index in [-0.39, 0.29) is 22.0 Å². The van der Waals surface area contributed by atoms with E-state index in [1.54, 1.807) is 13.8 Å². The van der Waals surface area contributed by atoms with E-state index in [2.05, 4.69) is 0 Å². The molecule has 0 heterocycles. The molecule has 1 atom stereocenters. The lowest BCUT2D eigenvalue weighted by atomic mass is 10.1. The first-order chi connectivity index (χ1) is 10.7. The van der Waals surface area contributed by atoms with Crippen LogP contribution < -0.4 is 21.5 Å². The second-order valence-corrected chi connectivity index (χ2v) is 5.40. The smallest absolute Gasteiger partial charge is 0.342 e. The zero-order chi connectivity index (χ0) is 17.7. The zero-order valence-corrected chi connectivity index (χ0v) is 13.6. The number of benzene rings is 1. The van der Waals surface area contributed by atoms with E-state index in [0.29, 0.717) is 0 Å². The molecule has 0 saturated carbocycles. The molecule has 0 saturated heterocycles. The Morgan fingerprint density at radius 2 is 1.87 bits per heavy atom. The molecular formula is C14H18ClN3O5. The molecule has 1 unspecified atom stereocenters. The van der Waals surface area contributed by atoms with Gasteiger partial charge in [-0.25, -0.2) is 9.59 Å². The van der Waals surface area contributed by atoms with Crippen LogP contribution >= 0.6 is 11.6 Å². The van der Waals surface area contributed by atoms with Gasteiger partial charge >= 0.3 is 12.0 Å². The maximum absolute atomic E-state index is 12.3. The number of anilines is 1. The van der Waals surface area contributed by atoms with Crippen molar-refractivity contribution in [1.82, 2.24) is 5.32 Å². The third-order valence-corrected chi connectivity index (χ3v) is 3.21. The Balaban J connectivity index is 3.06. The molecule has 0 bridgehead atoms. The number of imide groups is 1. The number of primary amides is 1. The van der Waals surface area contributed by atoms with Crippen molar-refractivity contribution in [3.05, 3.63) is 22.7 Å². The quantitative estimate of drug-likeness (QED) is 0.545. The summed E-state index contributed by atoms with van der Waals surface area (Å²) >= 11 is 5.89. The number of nitrogens with two attached hydrogens (primary N) is 2. The van der Waals surface area contributed by atoms with Crippen molar-refractivity contribution in [2.75, 3.05) is 12.8 Å². The van der Waals surface area contributed by atoms with Crippen LogP contribution in [0, 0.1) is 5.92 Å².